The fraction of sp³-hybridized carbons (Fsp3) is 0.533. The molecule has 1 fully saturated rings. The van der Waals surface area contributed by atoms with Crippen LogP contribution in [0.4, 0.5) is 11.4 Å². The first-order valence-electron chi connectivity index (χ1n) is 7.18. The molecule has 1 aromatic rings. The average molecular weight is 292 g/mol. The number of hydrogen-bond donors (Lipinski definition) is 1. The molecular weight excluding hydrogens is 272 g/mol. The van der Waals surface area contributed by atoms with Gasteiger partial charge in [-0.15, -0.1) is 0 Å². The number of anilines is 1. The zero-order valence-corrected chi connectivity index (χ0v) is 12.1. The van der Waals surface area contributed by atoms with Gasteiger partial charge in [0.15, 0.2) is 5.78 Å². The van der Waals surface area contributed by atoms with Gasteiger partial charge in [0.2, 0.25) is 0 Å². The lowest BCUT2D eigenvalue weighted by molar-refractivity contribution is -0.385. The SMILES string of the molecule is CC(=O)c1ccc(N2CCCC(CCO)C2)cc1[N+](=O)[O-]. The maximum Gasteiger partial charge on any atom is 0.282 e. The zero-order chi connectivity index (χ0) is 15.4. The van der Waals surface area contributed by atoms with Gasteiger partial charge in [0.25, 0.3) is 5.69 Å². The normalized spacial score (nSPS) is 18.6. The molecule has 0 spiro atoms. The molecule has 0 aliphatic carbocycles. The highest BCUT2D eigenvalue weighted by molar-refractivity contribution is 5.98. The Labute approximate surface area is 123 Å². The molecule has 1 aliphatic rings. The molecule has 6 nitrogen and oxygen atoms in total. The Hall–Kier alpha value is -1.95. The summed E-state index contributed by atoms with van der Waals surface area (Å²) in [6, 6.07) is 4.79. The predicted molar refractivity (Wildman–Crippen MR) is 79.7 cm³/mol. The van der Waals surface area contributed by atoms with Gasteiger partial charge >= 0.3 is 0 Å². The molecular formula is C15H20N2O4. The van der Waals surface area contributed by atoms with E-state index in [-0.39, 0.29) is 23.6 Å². The van der Waals surface area contributed by atoms with Gasteiger partial charge < -0.3 is 10.0 Å². The summed E-state index contributed by atoms with van der Waals surface area (Å²) in [6.45, 7) is 3.14. The van der Waals surface area contributed by atoms with E-state index in [4.69, 9.17) is 5.11 Å². The van der Waals surface area contributed by atoms with E-state index < -0.39 is 4.92 Å². The molecule has 0 aromatic heterocycles. The maximum absolute atomic E-state index is 11.4. The van der Waals surface area contributed by atoms with Crippen LogP contribution in [0.1, 0.15) is 36.5 Å². The average Bonchev–Trinajstić information content (AvgIpc) is 2.47. The van der Waals surface area contributed by atoms with Crippen LogP contribution in [0.2, 0.25) is 0 Å². The van der Waals surface area contributed by atoms with Crippen molar-refractivity contribution >= 4 is 17.2 Å². The quantitative estimate of drug-likeness (QED) is 0.512. The number of ketones is 1. The highest BCUT2D eigenvalue weighted by Crippen LogP contribution is 2.29. The van der Waals surface area contributed by atoms with Crippen molar-refractivity contribution in [3.05, 3.63) is 33.9 Å². The lowest BCUT2D eigenvalue weighted by Crippen LogP contribution is -2.35. The smallest absolute Gasteiger partial charge is 0.282 e. The summed E-state index contributed by atoms with van der Waals surface area (Å²) in [4.78, 5) is 24.2. The Balaban J connectivity index is 2.25. The fourth-order valence-corrected chi connectivity index (χ4v) is 2.88. The van der Waals surface area contributed by atoms with Crippen LogP contribution < -0.4 is 4.90 Å². The molecule has 1 saturated heterocycles. The number of nitrogens with zero attached hydrogens (tertiary/aromatic N) is 2. The Morgan fingerprint density at radius 2 is 2.29 bits per heavy atom. The van der Waals surface area contributed by atoms with Crippen molar-refractivity contribution in [1.82, 2.24) is 0 Å². The number of aliphatic hydroxyl groups is 1. The third-order valence-electron chi connectivity index (χ3n) is 3.98. The number of nitro benzene ring substituents is 1. The Bertz CT molecular complexity index is 542. The van der Waals surface area contributed by atoms with Gasteiger partial charge in [0.05, 0.1) is 10.5 Å². The summed E-state index contributed by atoms with van der Waals surface area (Å²) in [7, 11) is 0. The van der Waals surface area contributed by atoms with Crippen LogP contribution in [-0.2, 0) is 0 Å². The number of hydrogen-bond acceptors (Lipinski definition) is 5. The molecule has 1 heterocycles. The molecule has 1 N–H and O–H groups in total. The van der Waals surface area contributed by atoms with E-state index in [0.29, 0.717) is 5.92 Å². The highest BCUT2D eigenvalue weighted by atomic mass is 16.6. The monoisotopic (exact) mass is 292 g/mol. The van der Waals surface area contributed by atoms with Gasteiger partial charge in [-0.1, -0.05) is 0 Å². The number of nitro groups is 1. The highest BCUT2D eigenvalue weighted by Gasteiger charge is 2.23. The molecule has 1 atom stereocenters. The summed E-state index contributed by atoms with van der Waals surface area (Å²) in [5.74, 6) is 0.111. The van der Waals surface area contributed by atoms with Gasteiger partial charge in [0, 0.05) is 31.5 Å². The lowest BCUT2D eigenvalue weighted by Gasteiger charge is -2.34. The van der Waals surface area contributed by atoms with Crippen LogP contribution in [0.15, 0.2) is 18.2 Å². The largest absolute Gasteiger partial charge is 0.396 e. The molecule has 2 rings (SSSR count). The maximum atomic E-state index is 11.4. The van der Waals surface area contributed by atoms with E-state index in [9.17, 15) is 14.9 Å². The summed E-state index contributed by atoms with van der Waals surface area (Å²) < 4.78 is 0. The van der Waals surface area contributed by atoms with E-state index in [1.807, 2.05) is 0 Å². The van der Waals surface area contributed by atoms with Gasteiger partial charge in [-0.05, 0) is 44.2 Å². The fourth-order valence-electron chi connectivity index (χ4n) is 2.88. The predicted octanol–water partition coefficient (Wildman–Crippen LogP) is 2.40. The minimum absolute atomic E-state index is 0.135. The zero-order valence-electron chi connectivity index (χ0n) is 12.1. The molecule has 0 saturated carbocycles. The number of carbonyl (C=O) groups is 1. The molecule has 114 valence electrons. The molecule has 1 aromatic carbocycles. The van der Waals surface area contributed by atoms with Crippen molar-refractivity contribution < 1.29 is 14.8 Å². The van der Waals surface area contributed by atoms with Gasteiger partial charge in [0.1, 0.15) is 0 Å². The van der Waals surface area contributed by atoms with Crippen LogP contribution in [0.25, 0.3) is 0 Å². The lowest BCUT2D eigenvalue weighted by atomic mass is 9.94. The van der Waals surface area contributed by atoms with Crippen LogP contribution in [0, 0.1) is 16.0 Å². The van der Waals surface area contributed by atoms with Crippen LogP contribution >= 0.6 is 0 Å². The number of aliphatic hydroxyl groups excluding tert-OH is 1. The molecule has 1 aliphatic heterocycles. The molecule has 0 bridgehead atoms. The number of piperidine rings is 1. The van der Waals surface area contributed by atoms with Crippen molar-refractivity contribution in [1.29, 1.82) is 0 Å². The van der Waals surface area contributed by atoms with Gasteiger partial charge in [-0.2, -0.15) is 0 Å². The first-order valence-corrected chi connectivity index (χ1v) is 7.18. The summed E-state index contributed by atoms with van der Waals surface area (Å²) in [5, 5.41) is 20.2. The third kappa shape index (κ3) is 3.58. The molecule has 6 heteroatoms. The first-order chi connectivity index (χ1) is 10.0. The summed E-state index contributed by atoms with van der Waals surface area (Å²) >= 11 is 0. The minimum Gasteiger partial charge on any atom is -0.396 e. The van der Waals surface area contributed by atoms with Crippen molar-refractivity contribution in [2.45, 2.75) is 26.2 Å². The standard InChI is InChI=1S/C15H20N2O4/c1-11(19)14-5-4-13(9-15(14)17(20)21)16-7-2-3-12(10-16)6-8-18/h4-5,9,12,18H,2-3,6-8,10H2,1H3. The molecule has 0 amide bonds. The van der Waals surface area contributed by atoms with E-state index in [2.05, 4.69) is 4.90 Å². The van der Waals surface area contributed by atoms with Crippen molar-refractivity contribution in [3.8, 4) is 0 Å². The first kappa shape index (κ1) is 15.4. The third-order valence-corrected chi connectivity index (χ3v) is 3.98. The molecule has 21 heavy (non-hydrogen) atoms. The Morgan fingerprint density at radius 3 is 2.90 bits per heavy atom. The summed E-state index contributed by atoms with van der Waals surface area (Å²) in [5.41, 5.74) is 0.784. The summed E-state index contributed by atoms with van der Waals surface area (Å²) in [6.07, 6.45) is 2.84. The topological polar surface area (TPSA) is 83.7 Å². The Morgan fingerprint density at radius 1 is 1.52 bits per heavy atom. The number of carbonyl (C=O) groups excluding carboxylic acids is 1. The second-order valence-corrected chi connectivity index (χ2v) is 5.48. The van der Waals surface area contributed by atoms with Crippen LogP contribution in [0.3, 0.4) is 0 Å². The van der Waals surface area contributed by atoms with Crippen molar-refractivity contribution in [2.75, 3.05) is 24.6 Å². The molecule has 1 unspecified atom stereocenters. The van der Waals surface area contributed by atoms with Gasteiger partial charge in [-0.3, -0.25) is 14.9 Å². The second kappa shape index (κ2) is 6.67. The Kier molecular flexibility index (Phi) is 4.90. The van der Waals surface area contributed by atoms with E-state index >= 15 is 0 Å². The van der Waals surface area contributed by atoms with Crippen LogP contribution in [-0.4, -0.2) is 35.5 Å². The number of rotatable bonds is 5. The van der Waals surface area contributed by atoms with Gasteiger partial charge in [-0.25, -0.2) is 0 Å². The van der Waals surface area contributed by atoms with Crippen molar-refractivity contribution in [2.24, 2.45) is 5.92 Å². The minimum atomic E-state index is -0.505. The number of Topliss-reactive ketones (excluding diaryl/α,β-unsaturated/α-hetero) is 1. The van der Waals surface area contributed by atoms with E-state index in [1.54, 1.807) is 6.07 Å². The van der Waals surface area contributed by atoms with E-state index in [1.165, 1.54) is 19.1 Å². The second-order valence-electron chi connectivity index (χ2n) is 5.48. The molecule has 0 radical (unpaired) electrons. The van der Waals surface area contributed by atoms with E-state index in [0.717, 1.165) is 38.0 Å². The number of benzene rings is 1. The van der Waals surface area contributed by atoms with Crippen LogP contribution in [0.5, 0.6) is 0 Å². The van der Waals surface area contributed by atoms with Crippen molar-refractivity contribution in [3.63, 3.8) is 0 Å².